The molecule has 70 valence electrons. The molecule has 0 heteroatoms. The average molecular weight is 174 g/mol. The fourth-order valence-electron chi connectivity index (χ4n) is 0.785. The van der Waals surface area contributed by atoms with Crippen LogP contribution >= 0.6 is 0 Å². The quantitative estimate of drug-likeness (QED) is 0.450. The summed E-state index contributed by atoms with van der Waals surface area (Å²) in [6, 6.07) is 0. The first-order chi connectivity index (χ1) is 6.16. The minimum atomic E-state index is 0.772. The van der Waals surface area contributed by atoms with Crippen LogP contribution in [0.15, 0.2) is 36.0 Å². The Morgan fingerprint density at radius 1 is 1.23 bits per heavy atom. The van der Waals surface area contributed by atoms with Gasteiger partial charge in [-0.3, -0.25) is 0 Å². The van der Waals surface area contributed by atoms with Crippen LogP contribution in [0, 0.1) is 11.8 Å². The summed E-state index contributed by atoms with van der Waals surface area (Å²) in [6.45, 7) is 9.86. The average Bonchev–Trinajstić information content (AvgIpc) is 2.04. The molecular weight excluding hydrogens is 156 g/mol. The number of rotatable bonds is 3. The molecule has 0 amide bonds. The minimum Gasteiger partial charge on any atom is -0.102 e. The van der Waals surface area contributed by atoms with Crippen molar-refractivity contribution in [3.8, 4) is 11.8 Å². The normalized spacial score (nSPS) is 9.92. The molecule has 0 aliphatic heterocycles. The fourth-order valence-corrected chi connectivity index (χ4v) is 0.785. The van der Waals surface area contributed by atoms with Crippen molar-refractivity contribution in [3.05, 3.63) is 36.0 Å². The first kappa shape index (κ1) is 11.8. The maximum atomic E-state index is 3.61. The highest BCUT2D eigenvalue weighted by atomic mass is 13.9. The summed E-state index contributed by atoms with van der Waals surface area (Å²) in [4.78, 5) is 0. The largest absolute Gasteiger partial charge is 0.102 e. The molecule has 0 aromatic heterocycles. The fraction of sp³-hybridized carbons (Fsp3) is 0.385. The second-order valence-electron chi connectivity index (χ2n) is 3.20. The second kappa shape index (κ2) is 7.43. The van der Waals surface area contributed by atoms with Gasteiger partial charge in [0.05, 0.1) is 0 Å². The van der Waals surface area contributed by atoms with E-state index < -0.39 is 0 Å². The molecule has 0 aromatic rings. The molecular formula is C13H18. The molecule has 13 heavy (non-hydrogen) atoms. The second-order valence-corrected chi connectivity index (χ2v) is 3.20. The zero-order valence-corrected chi connectivity index (χ0v) is 8.85. The molecule has 0 aromatic carbocycles. The van der Waals surface area contributed by atoms with Crippen LogP contribution in [0.1, 0.15) is 33.6 Å². The lowest BCUT2D eigenvalue weighted by Crippen LogP contribution is -1.70. The van der Waals surface area contributed by atoms with Crippen LogP contribution in [0.4, 0.5) is 0 Å². The lowest BCUT2D eigenvalue weighted by atomic mass is 10.2. The van der Waals surface area contributed by atoms with E-state index in [1.807, 2.05) is 13.0 Å². The summed E-state index contributed by atoms with van der Waals surface area (Å²) in [5, 5.41) is 0. The van der Waals surface area contributed by atoms with Gasteiger partial charge < -0.3 is 0 Å². The molecule has 0 aliphatic carbocycles. The number of allylic oxidation sites excluding steroid dienone is 5. The van der Waals surface area contributed by atoms with Gasteiger partial charge in [-0.25, -0.2) is 0 Å². The van der Waals surface area contributed by atoms with Gasteiger partial charge in [-0.1, -0.05) is 35.6 Å². The van der Waals surface area contributed by atoms with Gasteiger partial charge in [0, 0.05) is 6.42 Å². The molecule has 0 atom stereocenters. The molecule has 0 unspecified atom stereocenters. The van der Waals surface area contributed by atoms with E-state index in [-0.39, 0.29) is 0 Å². The Morgan fingerprint density at radius 3 is 2.46 bits per heavy atom. The number of hydrogen-bond acceptors (Lipinski definition) is 0. The van der Waals surface area contributed by atoms with E-state index in [0.717, 1.165) is 18.4 Å². The van der Waals surface area contributed by atoms with E-state index in [2.05, 4.69) is 44.4 Å². The predicted octanol–water partition coefficient (Wildman–Crippen LogP) is 3.87. The van der Waals surface area contributed by atoms with Crippen molar-refractivity contribution < 1.29 is 0 Å². The van der Waals surface area contributed by atoms with E-state index in [9.17, 15) is 0 Å². The van der Waals surface area contributed by atoms with Crippen molar-refractivity contribution in [1.29, 1.82) is 0 Å². The van der Waals surface area contributed by atoms with Crippen LogP contribution in [-0.2, 0) is 0 Å². The van der Waals surface area contributed by atoms with Crippen LogP contribution in [0.2, 0.25) is 0 Å². The first-order valence-corrected chi connectivity index (χ1v) is 4.56. The highest BCUT2D eigenvalue weighted by Crippen LogP contribution is 1.98. The molecule has 0 radical (unpaired) electrons. The van der Waals surface area contributed by atoms with Crippen molar-refractivity contribution in [2.75, 3.05) is 0 Å². The Balaban J connectivity index is 3.97. The maximum absolute atomic E-state index is 3.61. The lowest BCUT2D eigenvalue weighted by Gasteiger charge is -1.88. The van der Waals surface area contributed by atoms with Crippen molar-refractivity contribution in [2.24, 2.45) is 0 Å². The van der Waals surface area contributed by atoms with E-state index in [1.54, 1.807) is 0 Å². The predicted molar refractivity (Wildman–Crippen MR) is 60.4 cm³/mol. The smallest absolute Gasteiger partial charge is 0.0270 e. The van der Waals surface area contributed by atoms with Crippen LogP contribution in [-0.4, -0.2) is 0 Å². The Hall–Kier alpha value is -1.22. The third kappa shape index (κ3) is 8.69. The molecule has 0 saturated heterocycles. The molecule has 0 bridgehead atoms. The standard InChI is InChI=1S/C13H18/c1-5-6-7-10-13(4)11-8-9-12(2)3/h5,9,11H,1,6,8H2,2-4H3. The summed E-state index contributed by atoms with van der Waals surface area (Å²) in [6.07, 6.45) is 7.91. The minimum absolute atomic E-state index is 0.772. The first-order valence-electron chi connectivity index (χ1n) is 4.56. The van der Waals surface area contributed by atoms with Gasteiger partial charge in [-0.05, 0) is 32.8 Å². The van der Waals surface area contributed by atoms with Gasteiger partial charge in [0.15, 0.2) is 0 Å². The Bertz CT molecular complexity index is 262. The van der Waals surface area contributed by atoms with Gasteiger partial charge in [0.2, 0.25) is 0 Å². The van der Waals surface area contributed by atoms with Gasteiger partial charge >= 0.3 is 0 Å². The monoisotopic (exact) mass is 174 g/mol. The highest BCUT2D eigenvalue weighted by molar-refractivity contribution is 5.27. The van der Waals surface area contributed by atoms with Crippen LogP contribution < -0.4 is 0 Å². The molecule has 0 saturated carbocycles. The van der Waals surface area contributed by atoms with Crippen molar-refractivity contribution in [3.63, 3.8) is 0 Å². The van der Waals surface area contributed by atoms with Gasteiger partial charge in [-0.2, -0.15) is 0 Å². The van der Waals surface area contributed by atoms with Crippen molar-refractivity contribution >= 4 is 0 Å². The molecule has 0 fully saturated rings. The van der Waals surface area contributed by atoms with Gasteiger partial charge in [-0.15, -0.1) is 6.58 Å². The molecule has 0 heterocycles. The van der Waals surface area contributed by atoms with E-state index in [1.165, 1.54) is 5.57 Å². The zero-order chi connectivity index (χ0) is 10.1. The molecule has 0 N–H and O–H groups in total. The summed E-state index contributed by atoms with van der Waals surface area (Å²) in [5.41, 5.74) is 2.49. The van der Waals surface area contributed by atoms with Crippen molar-refractivity contribution in [1.82, 2.24) is 0 Å². The van der Waals surface area contributed by atoms with Crippen LogP contribution in [0.3, 0.4) is 0 Å². The van der Waals surface area contributed by atoms with Crippen LogP contribution in [0.25, 0.3) is 0 Å². The zero-order valence-electron chi connectivity index (χ0n) is 8.85. The molecule has 0 aliphatic rings. The Labute approximate surface area is 82.0 Å². The van der Waals surface area contributed by atoms with E-state index in [0.29, 0.717) is 0 Å². The summed E-state index contributed by atoms with van der Waals surface area (Å²) >= 11 is 0. The molecule has 0 spiro atoms. The van der Waals surface area contributed by atoms with Gasteiger partial charge in [0.1, 0.15) is 0 Å². The van der Waals surface area contributed by atoms with E-state index >= 15 is 0 Å². The van der Waals surface area contributed by atoms with Crippen molar-refractivity contribution in [2.45, 2.75) is 33.6 Å². The SMILES string of the molecule is C=CCC#CC(C)=CCC=C(C)C. The Kier molecular flexibility index (Phi) is 6.73. The summed E-state index contributed by atoms with van der Waals surface area (Å²) in [7, 11) is 0. The lowest BCUT2D eigenvalue weighted by molar-refractivity contribution is 1.26. The third-order valence-corrected chi connectivity index (χ3v) is 1.48. The maximum Gasteiger partial charge on any atom is 0.0270 e. The number of hydrogen-bond donors (Lipinski definition) is 0. The molecule has 0 rings (SSSR count). The van der Waals surface area contributed by atoms with Gasteiger partial charge in [0.25, 0.3) is 0 Å². The summed E-state index contributed by atoms with van der Waals surface area (Å²) < 4.78 is 0. The highest BCUT2D eigenvalue weighted by Gasteiger charge is 1.80. The van der Waals surface area contributed by atoms with Crippen LogP contribution in [0.5, 0.6) is 0 Å². The summed E-state index contributed by atoms with van der Waals surface area (Å²) in [5.74, 6) is 6.08. The molecule has 0 nitrogen and oxygen atoms in total. The Morgan fingerprint density at radius 2 is 1.92 bits per heavy atom. The third-order valence-electron chi connectivity index (χ3n) is 1.48. The van der Waals surface area contributed by atoms with E-state index in [4.69, 9.17) is 0 Å². The topological polar surface area (TPSA) is 0 Å².